The van der Waals surface area contributed by atoms with E-state index in [-0.39, 0.29) is 47.7 Å². The molecule has 2 saturated carbocycles. The number of carbonyl (C=O) groups is 4. The quantitative estimate of drug-likeness (QED) is 0.278. The predicted molar refractivity (Wildman–Crippen MR) is 124 cm³/mol. The van der Waals surface area contributed by atoms with Crippen molar-refractivity contribution in [3.05, 3.63) is 77.9 Å². The van der Waals surface area contributed by atoms with Crippen molar-refractivity contribution in [2.24, 2.45) is 35.5 Å². The van der Waals surface area contributed by atoms with Crippen molar-refractivity contribution in [3.63, 3.8) is 0 Å². The fraction of sp³-hybridized carbons (Fsp3) is 0.357. The van der Waals surface area contributed by atoms with Crippen LogP contribution in [0.4, 0.5) is 0 Å². The lowest BCUT2D eigenvalue weighted by molar-refractivity contribution is -0.153. The van der Waals surface area contributed by atoms with Crippen molar-refractivity contribution in [1.82, 2.24) is 4.90 Å². The van der Waals surface area contributed by atoms with Crippen LogP contribution in [0.25, 0.3) is 0 Å². The van der Waals surface area contributed by atoms with Gasteiger partial charge in [-0.25, -0.2) is 9.59 Å². The van der Waals surface area contributed by atoms with Crippen LogP contribution in [0.3, 0.4) is 0 Å². The number of benzene rings is 2. The molecule has 3 fully saturated rings. The average Bonchev–Trinajstić information content (AvgIpc) is 3.67. The molecule has 178 valence electrons. The van der Waals surface area contributed by atoms with Crippen molar-refractivity contribution in [1.29, 1.82) is 0 Å². The third-order valence-corrected chi connectivity index (χ3v) is 8.05. The number of imide groups is 1. The lowest BCUT2D eigenvalue weighted by Gasteiger charge is -2.37. The largest absolute Gasteiger partial charge is 0.465 e. The molecule has 0 N–H and O–H groups in total. The zero-order chi connectivity index (χ0) is 24.3. The highest BCUT2D eigenvalue weighted by Crippen LogP contribution is 2.65. The number of rotatable bonds is 6. The van der Waals surface area contributed by atoms with Gasteiger partial charge < -0.3 is 9.47 Å². The molecule has 5 aliphatic rings. The summed E-state index contributed by atoms with van der Waals surface area (Å²) in [6, 6.07) is 14.2. The molecule has 7 heteroatoms. The Hall–Kier alpha value is -3.74. The van der Waals surface area contributed by atoms with Gasteiger partial charge in [0.25, 0.3) is 0 Å². The average molecular weight is 472 g/mol. The molecule has 35 heavy (non-hydrogen) atoms. The molecule has 1 saturated heterocycles. The van der Waals surface area contributed by atoms with Crippen molar-refractivity contribution >= 4 is 23.8 Å². The number of allylic oxidation sites excluding steroid dienone is 2. The first-order valence-corrected chi connectivity index (χ1v) is 12.0. The molecule has 0 radical (unpaired) electrons. The van der Waals surface area contributed by atoms with Crippen LogP contribution < -0.4 is 4.74 Å². The maximum atomic E-state index is 13.7. The maximum absolute atomic E-state index is 13.7. The zero-order valence-corrected chi connectivity index (χ0v) is 19.2. The Kier molecular flexibility index (Phi) is 5.09. The van der Waals surface area contributed by atoms with E-state index in [1.165, 1.54) is 36.3 Å². The Morgan fingerprint density at radius 3 is 2.09 bits per heavy atom. The first-order valence-electron chi connectivity index (χ1n) is 12.0. The summed E-state index contributed by atoms with van der Waals surface area (Å²) < 4.78 is 10.3. The Morgan fingerprint density at radius 2 is 1.51 bits per heavy atom. The Balaban J connectivity index is 1.29. The first-order chi connectivity index (χ1) is 17.0. The number of carbonyl (C=O) groups excluding carboxylic acids is 4. The number of ether oxygens (including phenoxy) is 2. The summed E-state index contributed by atoms with van der Waals surface area (Å²) in [4.78, 5) is 53.6. The molecule has 2 aromatic rings. The summed E-state index contributed by atoms with van der Waals surface area (Å²) in [5.74, 6) is -1.11. The summed E-state index contributed by atoms with van der Waals surface area (Å²) in [5, 5.41) is 0. The van der Waals surface area contributed by atoms with Gasteiger partial charge in [0.2, 0.25) is 11.8 Å². The number of hydrogen-bond donors (Lipinski definition) is 0. The van der Waals surface area contributed by atoms with E-state index in [4.69, 9.17) is 9.47 Å². The SMILES string of the molecule is COC(=O)c1ccc(OC(=O)C(Cc2ccccc2)N2C(=O)C3C4C=CC(C5CC45)C3C2=O)cc1. The van der Waals surface area contributed by atoms with E-state index in [0.29, 0.717) is 17.4 Å². The summed E-state index contributed by atoms with van der Waals surface area (Å²) in [6.07, 6.45) is 5.48. The fourth-order valence-corrected chi connectivity index (χ4v) is 6.37. The Labute approximate surface area is 202 Å². The molecule has 1 aliphatic heterocycles. The number of esters is 2. The first kappa shape index (κ1) is 21.8. The van der Waals surface area contributed by atoms with Crippen molar-refractivity contribution in [2.45, 2.75) is 18.9 Å². The number of likely N-dealkylation sites (tertiary alicyclic amines) is 1. The van der Waals surface area contributed by atoms with Gasteiger partial charge in [-0.15, -0.1) is 0 Å². The monoisotopic (exact) mass is 471 g/mol. The highest BCUT2D eigenvalue weighted by atomic mass is 16.5. The third kappa shape index (κ3) is 3.49. The minimum atomic E-state index is -1.07. The number of nitrogens with zero attached hydrogens (tertiary/aromatic N) is 1. The topological polar surface area (TPSA) is 90.0 Å². The van der Waals surface area contributed by atoms with Gasteiger partial charge in [-0.2, -0.15) is 0 Å². The summed E-state index contributed by atoms with van der Waals surface area (Å²) in [5.41, 5.74) is 1.15. The second-order valence-electron chi connectivity index (χ2n) is 9.84. The van der Waals surface area contributed by atoms with E-state index in [0.717, 1.165) is 12.0 Å². The second-order valence-corrected chi connectivity index (χ2v) is 9.84. The molecule has 0 spiro atoms. The van der Waals surface area contributed by atoms with Gasteiger partial charge in [0.1, 0.15) is 11.8 Å². The molecule has 0 aromatic heterocycles. The van der Waals surface area contributed by atoms with Crippen molar-refractivity contribution < 1.29 is 28.7 Å². The van der Waals surface area contributed by atoms with Gasteiger partial charge in [-0.05, 0) is 59.9 Å². The molecular weight excluding hydrogens is 446 g/mol. The normalized spacial score (nSPS) is 30.5. The lowest BCUT2D eigenvalue weighted by Crippen LogP contribution is -2.48. The zero-order valence-electron chi connectivity index (χ0n) is 19.2. The van der Waals surface area contributed by atoms with Crippen LogP contribution in [-0.4, -0.2) is 41.8 Å². The predicted octanol–water partition coefficient (Wildman–Crippen LogP) is 3.04. The van der Waals surface area contributed by atoms with Gasteiger partial charge in [-0.3, -0.25) is 14.5 Å². The molecule has 4 aliphatic carbocycles. The molecule has 7 unspecified atom stereocenters. The molecule has 2 aromatic carbocycles. The van der Waals surface area contributed by atoms with Crippen molar-refractivity contribution in [2.75, 3.05) is 7.11 Å². The molecule has 7 nitrogen and oxygen atoms in total. The highest BCUT2D eigenvalue weighted by Gasteiger charge is 2.68. The number of methoxy groups -OCH3 is 1. The van der Waals surface area contributed by atoms with Crippen LogP contribution in [0.15, 0.2) is 66.7 Å². The van der Waals surface area contributed by atoms with Crippen LogP contribution in [0.1, 0.15) is 22.3 Å². The van der Waals surface area contributed by atoms with Crippen LogP contribution >= 0.6 is 0 Å². The number of hydrogen-bond acceptors (Lipinski definition) is 6. The minimum Gasteiger partial charge on any atom is -0.465 e. The van der Waals surface area contributed by atoms with E-state index in [9.17, 15) is 19.2 Å². The van der Waals surface area contributed by atoms with E-state index in [2.05, 4.69) is 12.2 Å². The van der Waals surface area contributed by atoms with E-state index < -0.39 is 18.0 Å². The molecule has 2 bridgehead atoms. The van der Waals surface area contributed by atoms with Gasteiger partial charge in [0.05, 0.1) is 24.5 Å². The molecule has 2 amide bonds. The summed E-state index contributed by atoms with van der Waals surface area (Å²) >= 11 is 0. The molecule has 1 heterocycles. The van der Waals surface area contributed by atoms with E-state index in [1.807, 2.05) is 30.3 Å². The van der Waals surface area contributed by atoms with Gasteiger partial charge in [-0.1, -0.05) is 42.5 Å². The standard InChI is InChI=1S/C28H25NO6/c1-34-27(32)16-7-9-17(10-8-16)35-28(33)22(13-15-5-3-2-4-6-15)29-25(30)23-18-11-12-19(21-14-20(18)21)24(23)26(29)31/h2-12,18-24H,13-14H2,1H3. The Morgan fingerprint density at radius 1 is 0.914 bits per heavy atom. The van der Waals surface area contributed by atoms with Gasteiger partial charge >= 0.3 is 11.9 Å². The minimum absolute atomic E-state index is 0.0794. The van der Waals surface area contributed by atoms with Gasteiger partial charge in [0.15, 0.2) is 0 Å². The molecular formula is C28H25NO6. The van der Waals surface area contributed by atoms with Crippen LogP contribution in [-0.2, 0) is 25.5 Å². The smallest absolute Gasteiger partial charge is 0.337 e. The van der Waals surface area contributed by atoms with Crippen LogP contribution in [0, 0.1) is 35.5 Å². The molecule has 7 rings (SSSR count). The lowest BCUT2D eigenvalue weighted by atomic mass is 9.63. The number of amides is 2. The Bertz CT molecular complexity index is 1200. The van der Waals surface area contributed by atoms with Crippen molar-refractivity contribution in [3.8, 4) is 5.75 Å². The molecule has 7 atom stereocenters. The third-order valence-electron chi connectivity index (χ3n) is 8.05. The summed E-state index contributed by atoms with van der Waals surface area (Å²) in [7, 11) is 1.29. The summed E-state index contributed by atoms with van der Waals surface area (Å²) in [6.45, 7) is 0. The fourth-order valence-electron chi connectivity index (χ4n) is 6.37. The van der Waals surface area contributed by atoms with Crippen LogP contribution in [0.2, 0.25) is 0 Å². The van der Waals surface area contributed by atoms with Gasteiger partial charge in [0, 0.05) is 6.42 Å². The second kappa shape index (κ2) is 8.18. The van der Waals surface area contributed by atoms with E-state index >= 15 is 0 Å². The van der Waals surface area contributed by atoms with E-state index in [1.54, 1.807) is 0 Å². The maximum Gasteiger partial charge on any atom is 0.337 e. The highest BCUT2D eigenvalue weighted by molar-refractivity contribution is 6.09. The van der Waals surface area contributed by atoms with Crippen LogP contribution in [0.5, 0.6) is 5.75 Å².